The molecule has 16 heavy (non-hydrogen) atoms. The summed E-state index contributed by atoms with van der Waals surface area (Å²) in [5.41, 5.74) is 0. The van der Waals surface area contributed by atoms with Crippen LogP contribution in [0.4, 0.5) is 0 Å². The molecule has 0 bridgehead atoms. The molecular formula is C11H15IN2O2. The first-order valence-corrected chi connectivity index (χ1v) is 6.84. The first-order chi connectivity index (χ1) is 7.77. The maximum absolute atomic E-state index is 5.72. The van der Waals surface area contributed by atoms with Crippen molar-refractivity contribution in [3.8, 4) is 0 Å². The summed E-state index contributed by atoms with van der Waals surface area (Å²) in [6, 6.07) is 2.56. The van der Waals surface area contributed by atoms with E-state index in [9.17, 15) is 0 Å². The summed E-state index contributed by atoms with van der Waals surface area (Å²) in [5.74, 6) is -0.253. The van der Waals surface area contributed by atoms with Crippen molar-refractivity contribution in [2.24, 2.45) is 0 Å². The van der Waals surface area contributed by atoms with Crippen LogP contribution in [-0.4, -0.2) is 28.8 Å². The van der Waals surface area contributed by atoms with Gasteiger partial charge >= 0.3 is 0 Å². The summed E-state index contributed by atoms with van der Waals surface area (Å²) in [6.07, 6.45) is 6.25. The third-order valence-corrected chi connectivity index (χ3v) is 4.06. The molecule has 1 saturated heterocycles. The molecule has 0 atom stereocenters. The molecule has 2 aliphatic rings. The van der Waals surface area contributed by atoms with Crippen LogP contribution in [0.3, 0.4) is 0 Å². The lowest BCUT2D eigenvalue weighted by molar-refractivity contribution is -0.181. The predicted octanol–water partition coefficient (Wildman–Crippen LogP) is 2.35. The predicted molar refractivity (Wildman–Crippen MR) is 67.1 cm³/mol. The van der Waals surface area contributed by atoms with Gasteiger partial charge in [0, 0.05) is 19.0 Å². The number of nitrogens with zero attached hydrogens (tertiary/aromatic N) is 2. The fraction of sp³-hybridized carbons (Fsp3) is 0.727. The second kappa shape index (κ2) is 4.27. The maximum atomic E-state index is 5.72. The average Bonchev–Trinajstić information content (AvgIpc) is 2.90. The number of hydrogen-bond acceptors (Lipinski definition) is 3. The molecule has 4 nitrogen and oxygen atoms in total. The zero-order valence-electron chi connectivity index (χ0n) is 9.06. The van der Waals surface area contributed by atoms with Gasteiger partial charge in [-0.2, -0.15) is 5.10 Å². The Labute approximate surface area is 108 Å². The number of halogens is 1. The van der Waals surface area contributed by atoms with Crippen molar-refractivity contribution in [3.05, 3.63) is 16.0 Å². The van der Waals surface area contributed by atoms with Crippen LogP contribution in [0.1, 0.15) is 31.7 Å². The van der Waals surface area contributed by atoms with Gasteiger partial charge in [-0.3, -0.25) is 4.68 Å². The number of hydrogen-bond donors (Lipinski definition) is 0. The van der Waals surface area contributed by atoms with Crippen LogP contribution in [0.15, 0.2) is 12.3 Å². The molecule has 0 unspecified atom stereocenters. The molecule has 1 aliphatic carbocycles. The Balaban J connectivity index is 1.66. The molecule has 88 valence electrons. The highest BCUT2D eigenvalue weighted by Crippen LogP contribution is 2.39. The van der Waals surface area contributed by atoms with Crippen molar-refractivity contribution >= 4 is 22.6 Å². The van der Waals surface area contributed by atoms with Crippen LogP contribution >= 0.6 is 22.6 Å². The standard InChI is InChI=1S/C11H15IN2O2/c12-10-3-6-14(13-10)9-1-4-11(5-2-9)15-7-8-16-11/h3,6,9H,1-2,4-5,7-8H2. The first kappa shape index (κ1) is 11.0. The van der Waals surface area contributed by atoms with Gasteiger partial charge < -0.3 is 9.47 Å². The lowest BCUT2D eigenvalue weighted by Gasteiger charge is -2.35. The lowest BCUT2D eigenvalue weighted by Crippen LogP contribution is -2.35. The van der Waals surface area contributed by atoms with E-state index in [0.29, 0.717) is 6.04 Å². The molecule has 2 fully saturated rings. The quantitative estimate of drug-likeness (QED) is 0.740. The Morgan fingerprint density at radius 3 is 2.56 bits per heavy atom. The molecule has 0 radical (unpaired) electrons. The molecule has 1 aliphatic heterocycles. The van der Waals surface area contributed by atoms with E-state index in [0.717, 1.165) is 42.6 Å². The number of ether oxygens (including phenoxy) is 2. The smallest absolute Gasteiger partial charge is 0.168 e. The average molecular weight is 334 g/mol. The van der Waals surface area contributed by atoms with Crippen LogP contribution in [0.5, 0.6) is 0 Å². The maximum Gasteiger partial charge on any atom is 0.168 e. The van der Waals surface area contributed by atoms with Crippen molar-refractivity contribution < 1.29 is 9.47 Å². The fourth-order valence-corrected chi connectivity index (χ4v) is 3.02. The Bertz CT molecular complexity index is 364. The zero-order chi connectivity index (χ0) is 11.0. The summed E-state index contributed by atoms with van der Waals surface area (Å²) < 4.78 is 14.6. The van der Waals surface area contributed by atoms with Crippen LogP contribution in [0.25, 0.3) is 0 Å². The van der Waals surface area contributed by atoms with E-state index >= 15 is 0 Å². The first-order valence-electron chi connectivity index (χ1n) is 5.76. The molecule has 1 spiro atoms. The Morgan fingerprint density at radius 2 is 2.00 bits per heavy atom. The topological polar surface area (TPSA) is 36.3 Å². The highest BCUT2D eigenvalue weighted by atomic mass is 127. The number of aromatic nitrogens is 2. The largest absolute Gasteiger partial charge is 0.348 e. The third kappa shape index (κ3) is 2.00. The second-order valence-electron chi connectivity index (χ2n) is 4.46. The van der Waals surface area contributed by atoms with Crippen LogP contribution in [-0.2, 0) is 9.47 Å². The highest BCUT2D eigenvalue weighted by molar-refractivity contribution is 14.1. The van der Waals surface area contributed by atoms with E-state index < -0.39 is 0 Å². The molecule has 1 aromatic rings. The molecule has 5 heteroatoms. The number of rotatable bonds is 1. The van der Waals surface area contributed by atoms with E-state index in [-0.39, 0.29) is 5.79 Å². The van der Waals surface area contributed by atoms with Gasteiger partial charge in [0.1, 0.15) is 3.70 Å². The molecule has 1 saturated carbocycles. The molecule has 2 heterocycles. The monoisotopic (exact) mass is 334 g/mol. The van der Waals surface area contributed by atoms with Gasteiger partial charge in [-0.25, -0.2) is 0 Å². The van der Waals surface area contributed by atoms with E-state index in [1.54, 1.807) is 0 Å². The van der Waals surface area contributed by atoms with Gasteiger partial charge in [0.05, 0.1) is 19.3 Å². The second-order valence-corrected chi connectivity index (χ2v) is 5.56. The molecule has 0 amide bonds. The van der Waals surface area contributed by atoms with Gasteiger partial charge in [0.2, 0.25) is 0 Å². The Morgan fingerprint density at radius 1 is 1.31 bits per heavy atom. The molecule has 0 aromatic carbocycles. The summed E-state index contributed by atoms with van der Waals surface area (Å²) in [7, 11) is 0. The minimum Gasteiger partial charge on any atom is -0.348 e. The van der Waals surface area contributed by atoms with Gasteiger partial charge in [-0.15, -0.1) is 0 Å². The van der Waals surface area contributed by atoms with Crippen LogP contribution in [0.2, 0.25) is 0 Å². The summed E-state index contributed by atoms with van der Waals surface area (Å²) in [4.78, 5) is 0. The lowest BCUT2D eigenvalue weighted by atomic mass is 9.90. The van der Waals surface area contributed by atoms with Crippen molar-refractivity contribution in [2.45, 2.75) is 37.5 Å². The Hall–Kier alpha value is -0.140. The van der Waals surface area contributed by atoms with Gasteiger partial charge in [0.15, 0.2) is 5.79 Å². The Kier molecular flexibility index (Phi) is 2.93. The van der Waals surface area contributed by atoms with Crippen molar-refractivity contribution in [2.75, 3.05) is 13.2 Å². The normalized spacial score (nSPS) is 25.3. The summed E-state index contributed by atoms with van der Waals surface area (Å²) in [5, 5.41) is 4.47. The van der Waals surface area contributed by atoms with Crippen molar-refractivity contribution in [3.63, 3.8) is 0 Å². The van der Waals surface area contributed by atoms with Gasteiger partial charge in [-0.1, -0.05) is 0 Å². The third-order valence-electron chi connectivity index (χ3n) is 3.48. The van der Waals surface area contributed by atoms with E-state index in [1.807, 2.05) is 6.07 Å². The van der Waals surface area contributed by atoms with Crippen molar-refractivity contribution in [1.29, 1.82) is 0 Å². The van der Waals surface area contributed by atoms with E-state index in [2.05, 4.69) is 38.6 Å². The summed E-state index contributed by atoms with van der Waals surface area (Å²) >= 11 is 2.25. The fourth-order valence-electron chi connectivity index (χ4n) is 2.61. The van der Waals surface area contributed by atoms with E-state index in [4.69, 9.17) is 9.47 Å². The summed E-state index contributed by atoms with van der Waals surface area (Å²) in [6.45, 7) is 1.51. The van der Waals surface area contributed by atoms with Crippen LogP contribution < -0.4 is 0 Å². The SMILES string of the molecule is Ic1ccn(C2CCC3(CC2)OCCO3)n1. The highest BCUT2D eigenvalue weighted by Gasteiger charge is 2.40. The molecule has 1 aromatic heterocycles. The van der Waals surface area contributed by atoms with Gasteiger partial charge in [-0.05, 0) is 41.5 Å². The van der Waals surface area contributed by atoms with E-state index in [1.165, 1.54) is 0 Å². The minimum atomic E-state index is -0.253. The molecular weight excluding hydrogens is 319 g/mol. The van der Waals surface area contributed by atoms with Gasteiger partial charge in [0.25, 0.3) is 0 Å². The minimum absolute atomic E-state index is 0.253. The molecule has 0 N–H and O–H groups in total. The zero-order valence-corrected chi connectivity index (χ0v) is 11.2. The molecule has 3 rings (SSSR count). The van der Waals surface area contributed by atoms with Crippen molar-refractivity contribution in [1.82, 2.24) is 9.78 Å². The van der Waals surface area contributed by atoms with Crippen LogP contribution in [0, 0.1) is 3.70 Å².